The highest BCUT2D eigenvalue weighted by atomic mass is 32.2. The molecule has 2 nitrogen and oxygen atoms in total. The number of allylic oxidation sites excluding steroid dienone is 1. The Balaban J connectivity index is 2.07. The smallest absolute Gasteiger partial charge is 0.221 e. The highest BCUT2D eigenvalue weighted by Gasteiger charge is 2.03. The van der Waals surface area contributed by atoms with Crippen molar-refractivity contribution in [2.45, 2.75) is 4.90 Å². The molecule has 0 aliphatic carbocycles. The lowest BCUT2D eigenvalue weighted by Gasteiger charge is -1.96. The first kappa shape index (κ1) is 11.7. The normalized spacial score (nSPS) is 10.9. The quantitative estimate of drug-likeness (QED) is 0.464. The molecular formula is C14H12O2S. The van der Waals surface area contributed by atoms with E-state index < -0.39 is 0 Å². The average molecular weight is 244 g/mol. The number of carbonyl (C=O) groups is 1. The summed E-state index contributed by atoms with van der Waals surface area (Å²) in [4.78, 5) is 12.8. The number of hydrogen-bond donors (Lipinski definition) is 0. The van der Waals surface area contributed by atoms with Crippen molar-refractivity contribution in [3.8, 4) is 0 Å². The zero-order chi connectivity index (χ0) is 12.1. The van der Waals surface area contributed by atoms with E-state index in [0.29, 0.717) is 5.76 Å². The maximum absolute atomic E-state index is 11.6. The van der Waals surface area contributed by atoms with E-state index in [1.807, 2.05) is 30.5 Å². The Hall–Kier alpha value is -1.74. The standard InChI is InChI=1S/C14H12O2S/c1-17-12-7-4-11(5-8-12)6-9-13(15)14-3-2-10-16-14/h2-10H,1H3. The molecule has 1 aromatic heterocycles. The summed E-state index contributed by atoms with van der Waals surface area (Å²) in [6.07, 6.45) is 6.83. The van der Waals surface area contributed by atoms with E-state index in [1.54, 1.807) is 30.0 Å². The fourth-order valence-corrected chi connectivity index (χ4v) is 1.80. The molecule has 1 heterocycles. The second-order valence-electron chi connectivity index (χ2n) is 3.45. The predicted octanol–water partition coefficient (Wildman–Crippen LogP) is 3.90. The molecule has 0 saturated carbocycles. The van der Waals surface area contributed by atoms with Crippen molar-refractivity contribution in [1.29, 1.82) is 0 Å². The Labute approximate surface area is 104 Å². The molecule has 0 unspecified atom stereocenters. The number of benzene rings is 1. The lowest BCUT2D eigenvalue weighted by Crippen LogP contribution is -1.90. The van der Waals surface area contributed by atoms with Crippen LogP contribution in [-0.2, 0) is 0 Å². The van der Waals surface area contributed by atoms with Crippen LogP contribution in [0.25, 0.3) is 6.08 Å². The molecule has 2 aromatic rings. The van der Waals surface area contributed by atoms with Crippen molar-refractivity contribution < 1.29 is 9.21 Å². The summed E-state index contributed by atoms with van der Waals surface area (Å²) in [5.74, 6) is 0.242. The second kappa shape index (κ2) is 5.55. The summed E-state index contributed by atoms with van der Waals surface area (Å²) < 4.78 is 5.02. The second-order valence-corrected chi connectivity index (χ2v) is 4.33. The molecule has 17 heavy (non-hydrogen) atoms. The Morgan fingerprint density at radius 1 is 1.24 bits per heavy atom. The minimum absolute atomic E-state index is 0.121. The summed E-state index contributed by atoms with van der Waals surface area (Å²) in [6.45, 7) is 0. The van der Waals surface area contributed by atoms with Gasteiger partial charge in [0.25, 0.3) is 0 Å². The average Bonchev–Trinajstić information content (AvgIpc) is 2.90. The van der Waals surface area contributed by atoms with Crippen molar-refractivity contribution in [3.63, 3.8) is 0 Å². The molecular weight excluding hydrogens is 232 g/mol. The predicted molar refractivity (Wildman–Crippen MR) is 70.3 cm³/mol. The van der Waals surface area contributed by atoms with E-state index in [2.05, 4.69) is 0 Å². The Kier molecular flexibility index (Phi) is 3.83. The summed E-state index contributed by atoms with van der Waals surface area (Å²) in [6, 6.07) is 11.4. The van der Waals surface area contributed by atoms with Crippen molar-refractivity contribution in [2.75, 3.05) is 6.26 Å². The number of ketones is 1. The number of thioether (sulfide) groups is 1. The molecule has 3 heteroatoms. The fourth-order valence-electron chi connectivity index (χ4n) is 1.39. The number of carbonyl (C=O) groups excluding carboxylic acids is 1. The molecule has 0 atom stereocenters. The Bertz CT molecular complexity index is 510. The Morgan fingerprint density at radius 3 is 2.59 bits per heavy atom. The van der Waals surface area contributed by atoms with Gasteiger partial charge in [0.15, 0.2) is 5.76 Å². The Morgan fingerprint density at radius 2 is 2.00 bits per heavy atom. The first-order valence-corrected chi connectivity index (χ1v) is 6.42. The molecule has 0 aliphatic rings. The third-order valence-electron chi connectivity index (χ3n) is 2.31. The van der Waals surface area contributed by atoms with E-state index in [9.17, 15) is 4.79 Å². The van der Waals surface area contributed by atoms with Gasteiger partial charge >= 0.3 is 0 Å². The number of hydrogen-bond acceptors (Lipinski definition) is 3. The van der Waals surface area contributed by atoms with Gasteiger partial charge in [0, 0.05) is 4.90 Å². The van der Waals surface area contributed by atoms with Crippen LogP contribution in [0, 0.1) is 0 Å². The van der Waals surface area contributed by atoms with Gasteiger partial charge in [-0.05, 0) is 42.2 Å². The first-order chi connectivity index (χ1) is 8.29. The summed E-state index contributed by atoms with van der Waals surface area (Å²) in [5.41, 5.74) is 1.00. The minimum Gasteiger partial charge on any atom is -0.461 e. The number of furan rings is 1. The van der Waals surface area contributed by atoms with Gasteiger partial charge in [-0.15, -0.1) is 11.8 Å². The van der Waals surface area contributed by atoms with Crippen molar-refractivity contribution in [3.05, 3.63) is 60.1 Å². The van der Waals surface area contributed by atoms with E-state index in [0.717, 1.165) is 5.56 Å². The van der Waals surface area contributed by atoms with Gasteiger partial charge in [0.2, 0.25) is 5.78 Å². The van der Waals surface area contributed by atoms with Crippen LogP contribution in [0.3, 0.4) is 0 Å². The van der Waals surface area contributed by atoms with Crippen molar-refractivity contribution in [1.82, 2.24) is 0 Å². The SMILES string of the molecule is CSc1ccc(C=CC(=O)c2ccco2)cc1. The van der Waals surface area contributed by atoms with Crippen LogP contribution in [-0.4, -0.2) is 12.0 Å². The molecule has 0 bridgehead atoms. The van der Waals surface area contributed by atoms with Crippen LogP contribution in [0.2, 0.25) is 0 Å². The highest BCUT2D eigenvalue weighted by Crippen LogP contribution is 2.15. The first-order valence-electron chi connectivity index (χ1n) is 5.19. The summed E-state index contributed by atoms with van der Waals surface area (Å²) in [7, 11) is 0. The van der Waals surface area contributed by atoms with E-state index >= 15 is 0 Å². The third kappa shape index (κ3) is 3.11. The van der Waals surface area contributed by atoms with Crippen LogP contribution in [0.15, 0.2) is 58.1 Å². The van der Waals surface area contributed by atoms with Gasteiger partial charge in [-0.1, -0.05) is 18.2 Å². The lowest BCUT2D eigenvalue weighted by atomic mass is 10.2. The van der Waals surface area contributed by atoms with E-state index in [1.165, 1.54) is 17.2 Å². The molecule has 0 fully saturated rings. The minimum atomic E-state index is -0.121. The monoisotopic (exact) mass is 244 g/mol. The van der Waals surface area contributed by atoms with Crippen LogP contribution < -0.4 is 0 Å². The van der Waals surface area contributed by atoms with Crippen LogP contribution in [0.4, 0.5) is 0 Å². The molecule has 2 rings (SSSR count). The molecule has 0 saturated heterocycles. The van der Waals surface area contributed by atoms with Gasteiger partial charge in [0.1, 0.15) is 0 Å². The van der Waals surface area contributed by atoms with E-state index in [-0.39, 0.29) is 5.78 Å². The number of rotatable bonds is 4. The van der Waals surface area contributed by atoms with Crippen molar-refractivity contribution in [2.24, 2.45) is 0 Å². The van der Waals surface area contributed by atoms with Gasteiger partial charge < -0.3 is 4.42 Å². The third-order valence-corrected chi connectivity index (χ3v) is 3.05. The fraction of sp³-hybridized carbons (Fsp3) is 0.0714. The molecule has 0 amide bonds. The van der Waals surface area contributed by atoms with Gasteiger partial charge in [-0.25, -0.2) is 0 Å². The zero-order valence-electron chi connectivity index (χ0n) is 9.42. The lowest BCUT2D eigenvalue weighted by molar-refractivity contribution is 0.102. The van der Waals surface area contributed by atoms with Gasteiger partial charge in [-0.2, -0.15) is 0 Å². The molecule has 86 valence electrons. The highest BCUT2D eigenvalue weighted by molar-refractivity contribution is 7.98. The maximum Gasteiger partial charge on any atom is 0.221 e. The topological polar surface area (TPSA) is 30.2 Å². The summed E-state index contributed by atoms with van der Waals surface area (Å²) >= 11 is 1.69. The van der Waals surface area contributed by atoms with Gasteiger partial charge in [-0.3, -0.25) is 4.79 Å². The van der Waals surface area contributed by atoms with Crippen LogP contribution in [0.1, 0.15) is 16.1 Å². The van der Waals surface area contributed by atoms with E-state index in [4.69, 9.17) is 4.42 Å². The molecule has 1 aromatic carbocycles. The van der Waals surface area contributed by atoms with Crippen LogP contribution in [0.5, 0.6) is 0 Å². The molecule has 0 N–H and O–H groups in total. The largest absolute Gasteiger partial charge is 0.461 e. The maximum atomic E-state index is 11.6. The molecule has 0 radical (unpaired) electrons. The van der Waals surface area contributed by atoms with Crippen molar-refractivity contribution >= 4 is 23.6 Å². The summed E-state index contributed by atoms with van der Waals surface area (Å²) in [5, 5.41) is 0. The zero-order valence-corrected chi connectivity index (χ0v) is 10.2. The van der Waals surface area contributed by atoms with Gasteiger partial charge in [0.05, 0.1) is 6.26 Å². The molecule has 0 spiro atoms. The molecule has 0 aliphatic heterocycles. The van der Waals surface area contributed by atoms with Crippen LogP contribution >= 0.6 is 11.8 Å².